The summed E-state index contributed by atoms with van der Waals surface area (Å²) in [6.07, 6.45) is 0. The monoisotopic (exact) mass is 352 g/mol. The van der Waals surface area contributed by atoms with Gasteiger partial charge in [0.2, 0.25) is 0 Å². The Morgan fingerprint density at radius 1 is 0.923 bits per heavy atom. The van der Waals surface area contributed by atoms with Crippen LogP contribution in [0.25, 0.3) is 16.7 Å². The van der Waals surface area contributed by atoms with Gasteiger partial charge in [-0.25, -0.2) is 4.57 Å². The molecule has 3 aromatic rings. The third kappa shape index (κ3) is 2.96. The lowest BCUT2D eigenvalue weighted by Gasteiger charge is -2.28. The number of fused-ring (bicyclic) bond motifs is 1. The molecular weight excluding hydrogens is 316 g/mol. The van der Waals surface area contributed by atoms with Gasteiger partial charge in [0.1, 0.15) is 5.69 Å². The molecule has 1 aromatic heterocycles. The van der Waals surface area contributed by atoms with Crippen molar-refractivity contribution in [2.45, 2.75) is 66.2 Å². The van der Waals surface area contributed by atoms with Crippen LogP contribution in [0.2, 0.25) is 0 Å². The maximum atomic E-state index is 8.09. The molecule has 0 radical (unpaired) electrons. The quantitative estimate of drug-likeness (QED) is 0.499. The fourth-order valence-electron chi connectivity index (χ4n) is 3.74. The summed E-state index contributed by atoms with van der Waals surface area (Å²) in [6.45, 7) is 15.2. The van der Waals surface area contributed by atoms with Crippen LogP contribution in [-0.2, 0) is 17.8 Å². The summed E-state index contributed by atoms with van der Waals surface area (Å²) in [7, 11) is 0. The maximum Gasteiger partial charge on any atom is 0.259 e. The van der Waals surface area contributed by atoms with Crippen LogP contribution in [0.3, 0.4) is 0 Å². The second-order valence-electron chi connectivity index (χ2n) is 9.37. The first-order chi connectivity index (χ1) is 13.1. The molecule has 0 aliphatic carbocycles. The van der Waals surface area contributed by atoms with Crippen LogP contribution < -0.4 is 4.57 Å². The molecule has 2 aromatic carbocycles. The van der Waals surface area contributed by atoms with Crippen LogP contribution in [-0.4, -0.2) is 4.57 Å². The second kappa shape index (κ2) is 5.97. The van der Waals surface area contributed by atoms with Crippen molar-refractivity contribution in [2.24, 2.45) is 6.98 Å². The van der Waals surface area contributed by atoms with E-state index in [1.165, 1.54) is 21.3 Å². The van der Waals surface area contributed by atoms with Gasteiger partial charge in [-0.05, 0) is 47.1 Å². The molecule has 3 rings (SSSR count). The highest BCUT2D eigenvalue weighted by atomic mass is 15.2. The summed E-state index contributed by atoms with van der Waals surface area (Å²) in [5.74, 6) is 0.709. The van der Waals surface area contributed by atoms with E-state index in [9.17, 15) is 0 Å². The lowest BCUT2D eigenvalue weighted by atomic mass is 9.78. The van der Waals surface area contributed by atoms with Crippen molar-refractivity contribution in [3.05, 3.63) is 58.9 Å². The Balaban J connectivity index is 2.50. The SMILES string of the molecule is [2H]C([2H])([2H])[n+]1c(C)n(-c2cc(C(C)(C)C)cc(C(C)(C)C)c2C)c2ccccc21. The molecule has 0 fully saturated rings. The third-order valence-electron chi connectivity index (χ3n) is 5.31. The van der Waals surface area contributed by atoms with E-state index < -0.39 is 6.98 Å². The van der Waals surface area contributed by atoms with Crippen LogP contribution in [0, 0.1) is 13.8 Å². The number of para-hydroxylation sites is 2. The number of rotatable bonds is 1. The number of imidazole rings is 1. The minimum Gasteiger partial charge on any atom is -0.230 e. The van der Waals surface area contributed by atoms with Crippen molar-refractivity contribution in [1.82, 2.24) is 4.57 Å². The highest BCUT2D eigenvalue weighted by Gasteiger charge is 2.28. The van der Waals surface area contributed by atoms with E-state index in [0.717, 1.165) is 16.7 Å². The third-order valence-corrected chi connectivity index (χ3v) is 5.31. The molecular formula is C24H33N2+. The molecule has 1 heterocycles. The molecule has 0 spiro atoms. The van der Waals surface area contributed by atoms with E-state index in [0.29, 0.717) is 5.82 Å². The van der Waals surface area contributed by atoms with E-state index in [2.05, 4.69) is 65.2 Å². The molecule has 138 valence electrons. The highest BCUT2D eigenvalue weighted by molar-refractivity contribution is 5.75. The molecule has 0 atom stereocenters. The summed E-state index contributed by atoms with van der Waals surface area (Å²) in [5, 5.41) is 0. The van der Waals surface area contributed by atoms with Crippen molar-refractivity contribution in [3.63, 3.8) is 0 Å². The summed E-state index contributed by atoms with van der Waals surface area (Å²) in [6, 6.07) is 12.3. The van der Waals surface area contributed by atoms with Crippen LogP contribution in [0.1, 0.15) is 68.2 Å². The molecule has 0 amide bonds. The largest absolute Gasteiger partial charge is 0.259 e. The van der Waals surface area contributed by atoms with Gasteiger partial charge in [0.25, 0.3) is 5.82 Å². The normalized spacial score (nSPS) is 15.0. The Kier molecular flexibility index (Phi) is 3.45. The van der Waals surface area contributed by atoms with Crippen molar-refractivity contribution >= 4 is 11.0 Å². The number of aryl methyl sites for hydroxylation is 1. The molecule has 0 saturated heterocycles. The predicted octanol–water partition coefficient (Wildman–Crippen LogP) is 5.67. The molecule has 2 heteroatoms. The molecule has 2 nitrogen and oxygen atoms in total. The van der Waals surface area contributed by atoms with Crippen LogP contribution >= 0.6 is 0 Å². The zero-order chi connectivity index (χ0) is 21.9. The Hall–Kier alpha value is -2.09. The van der Waals surface area contributed by atoms with Crippen LogP contribution in [0.15, 0.2) is 36.4 Å². The first-order valence-corrected chi connectivity index (χ1v) is 9.32. The number of hydrogen-bond donors (Lipinski definition) is 0. The van der Waals surface area contributed by atoms with Gasteiger partial charge >= 0.3 is 0 Å². The predicted molar refractivity (Wildman–Crippen MR) is 111 cm³/mol. The van der Waals surface area contributed by atoms with Crippen LogP contribution in [0.4, 0.5) is 0 Å². The molecule has 0 saturated carbocycles. The van der Waals surface area contributed by atoms with Crippen LogP contribution in [0.5, 0.6) is 0 Å². The van der Waals surface area contributed by atoms with E-state index in [-0.39, 0.29) is 10.8 Å². The lowest BCUT2D eigenvalue weighted by Crippen LogP contribution is -2.31. The van der Waals surface area contributed by atoms with Gasteiger partial charge in [-0.2, -0.15) is 4.57 Å². The first-order valence-electron chi connectivity index (χ1n) is 10.8. The summed E-state index contributed by atoms with van der Waals surface area (Å²) >= 11 is 0. The van der Waals surface area contributed by atoms with Gasteiger partial charge in [-0.1, -0.05) is 59.7 Å². The molecule has 0 N–H and O–H groups in total. The Bertz CT molecular complexity index is 1070. The highest BCUT2D eigenvalue weighted by Crippen LogP contribution is 2.36. The van der Waals surface area contributed by atoms with Gasteiger partial charge in [-0.3, -0.25) is 0 Å². The van der Waals surface area contributed by atoms with Crippen molar-refractivity contribution in [3.8, 4) is 5.69 Å². The lowest BCUT2D eigenvalue weighted by molar-refractivity contribution is -0.652. The van der Waals surface area contributed by atoms with Gasteiger partial charge in [-0.15, -0.1) is 0 Å². The average Bonchev–Trinajstić information content (AvgIpc) is 2.84. The molecule has 0 aliphatic rings. The average molecular weight is 353 g/mol. The number of aromatic nitrogens is 2. The standard InChI is InChI=1S/C24H33N2/c1-16-19(24(6,7)8)14-18(23(3,4)5)15-22(16)26-17(2)25(9)20-12-10-11-13-21(20)26/h10-15H,1-9H3/q+1/i9D3. The topological polar surface area (TPSA) is 8.81 Å². The Morgan fingerprint density at radius 2 is 1.58 bits per heavy atom. The van der Waals surface area contributed by atoms with Crippen molar-refractivity contribution < 1.29 is 8.68 Å². The minimum absolute atomic E-state index is 0.0146. The van der Waals surface area contributed by atoms with E-state index in [4.69, 9.17) is 4.11 Å². The maximum absolute atomic E-state index is 8.09. The Morgan fingerprint density at radius 3 is 2.15 bits per heavy atom. The fraction of sp³-hybridized carbons (Fsp3) is 0.458. The van der Waals surface area contributed by atoms with Gasteiger partial charge in [0.15, 0.2) is 11.0 Å². The van der Waals surface area contributed by atoms with E-state index >= 15 is 0 Å². The molecule has 0 bridgehead atoms. The molecule has 0 unspecified atom stereocenters. The zero-order valence-electron chi connectivity index (χ0n) is 20.4. The molecule has 0 aliphatic heterocycles. The number of benzene rings is 2. The van der Waals surface area contributed by atoms with Gasteiger partial charge in [0.05, 0.1) is 11.1 Å². The van der Waals surface area contributed by atoms with E-state index in [1.807, 2.05) is 31.2 Å². The molecule has 26 heavy (non-hydrogen) atoms. The zero-order valence-corrected chi connectivity index (χ0v) is 17.4. The van der Waals surface area contributed by atoms with Crippen molar-refractivity contribution in [1.29, 1.82) is 0 Å². The smallest absolute Gasteiger partial charge is 0.230 e. The summed E-state index contributed by atoms with van der Waals surface area (Å²) in [5.41, 5.74) is 6.39. The van der Waals surface area contributed by atoms with Crippen molar-refractivity contribution in [2.75, 3.05) is 0 Å². The van der Waals surface area contributed by atoms with Gasteiger partial charge in [0, 0.05) is 12.5 Å². The second-order valence-corrected chi connectivity index (χ2v) is 9.37. The Labute approximate surface area is 162 Å². The number of nitrogens with zero attached hydrogens (tertiary/aromatic N) is 2. The first kappa shape index (κ1) is 15.0. The summed E-state index contributed by atoms with van der Waals surface area (Å²) < 4.78 is 27.9. The fourth-order valence-corrected chi connectivity index (χ4v) is 3.74. The number of hydrogen-bond acceptors (Lipinski definition) is 0. The van der Waals surface area contributed by atoms with E-state index in [1.54, 1.807) is 0 Å². The summed E-state index contributed by atoms with van der Waals surface area (Å²) in [4.78, 5) is 0. The minimum atomic E-state index is -2.24. The van der Waals surface area contributed by atoms with Gasteiger partial charge < -0.3 is 0 Å².